The third kappa shape index (κ3) is 4.14. The van der Waals surface area contributed by atoms with Crippen LogP contribution in [0.3, 0.4) is 0 Å². The van der Waals surface area contributed by atoms with Crippen molar-refractivity contribution in [1.82, 2.24) is 0 Å². The summed E-state index contributed by atoms with van der Waals surface area (Å²) in [7, 11) is 3.62. The lowest BCUT2D eigenvalue weighted by molar-refractivity contribution is -0.138. The highest BCUT2D eigenvalue weighted by Crippen LogP contribution is 2.54. The van der Waals surface area contributed by atoms with Crippen LogP contribution in [0, 0.1) is 6.92 Å². The van der Waals surface area contributed by atoms with Crippen molar-refractivity contribution in [3.63, 3.8) is 0 Å². The van der Waals surface area contributed by atoms with Gasteiger partial charge in [0.1, 0.15) is 17.7 Å². The Morgan fingerprint density at radius 1 is 0.946 bits per heavy atom. The van der Waals surface area contributed by atoms with Crippen LogP contribution in [-0.4, -0.2) is 50.4 Å². The number of hydrogen-bond acceptors (Lipinski definition) is 9. The Kier molecular flexibility index (Phi) is 7.03. The lowest BCUT2D eigenvalue weighted by atomic mass is 9.81. The molecule has 0 saturated carbocycles. The number of allylic oxidation sites excluding steroid dienone is 2. The summed E-state index contributed by atoms with van der Waals surface area (Å²) in [5.41, 5.74) is -1.30. The molecule has 37 heavy (non-hydrogen) atoms. The quantitative estimate of drug-likeness (QED) is 0.491. The van der Waals surface area contributed by atoms with Crippen LogP contribution in [0.15, 0.2) is 47.7 Å². The summed E-state index contributed by atoms with van der Waals surface area (Å²) in [4.78, 5) is 50.6. The van der Waals surface area contributed by atoms with Gasteiger partial charge in [0.25, 0.3) is 5.60 Å². The molecule has 0 amide bonds. The van der Waals surface area contributed by atoms with Crippen LogP contribution in [-0.2, 0) is 30.4 Å². The van der Waals surface area contributed by atoms with E-state index in [1.165, 1.54) is 14.2 Å². The first-order valence-corrected chi connectivity index (χ1v) is 11.5. The SMILES string of the molecule is COC(=O)C1=CC(=O)C=C(OC)C12Oc1c(Cl)c(C)c(Cl)c(OCc3ccc(C(=O)OC)cc3)c1C2=O. The maximum Gasteiger partial charge on any atom is 0.338 e. The molecule has 192 valence electrons. The highest BCUT2D eigenvalue weighted by molar-refractivity contribution is 6.40. The van der Waals surface area contributed by atoms with E-state index in [4.69, 9.17) is 46.9 Å². The van der Waals surface area contributed by atoms with E-state index in [0.717, 1.165) is 19.3 Å². The first-order valence-electron chi connectivity index (χ1n) is 10.8. The zero-order valence-electron chi connectivity index (χ0n) is 20.1. The zero-order chi connectivity index (χ0) is 27.1. The molecule has 2 aliphatic rings. The van der Waals surface area contributed by atoms with E-state index in [1.807, 2.05) is 0 Å². The summed E-state index contributed by atoms with van der Waals surface area (Å²) >= 11 is 13.1. The Morgan fingerprint density at radius 3 is 2.19 bits per heavy atom. The summed E-state index contributed by atoms with van der Waals surface area (Å²) in [5.74, 6) is -3.18. The number of Topliss-reactive ketones (excluding diaryl/α,β-unsaturated/α-hetero) is 1. The number of carbonyl (C=O) groups is 4. The molecule has 1 heterocycles. The predicted molar refractivity (Wildman–Crippen MR) is 131 cm³/mol. The van der Waals surface area contributed by atoms with E-state index < -0.39 is 29.1 Å². The molecule has 1 atom stereocenters. The van der Waals surface area contributed by atoms with E-state index in [-0.39, 0.29) is 45.0 Å². The lowest BCUT2D eigenvalue weighted by Crippen LogP contribution is -2.49. The molecule has 0 bridgehead atoms. The van der Waals surface area contributed by atoms with Crippen LogP contribution in [0.4, 0.5) is 0 Å². The second kappa shape index (κ2) is 9.91. The molecule has 4 rings (SSSR count). The fourth-order valence-corrected chi connectivity index (χ4v) is 4.61. The van der Waals surface area contributed by atoms with Gasteiger partial charge in [-0.2, -0.15) is 0 Å². The number of rotatable bonds is 6. The van der Waals surface area contributed by atoms with Crippen LogP contribution in [0.25, 0.3) is 0 Å². The molecule has 1 unspecified atom stereocenters. The van der Waals surface area contributed by atoms with Gasteiger partial charge in [0.15, 0.2) is 23.0 Å². The molecule has 0 aromatic heterocycles. The topological polar surface area (TPSA) is 114 Å². The van der Waals surface area contributed by atoms with Crippen molar-refractivity contribution in [3.05, 3.63) is 80.0 Å². The number of halogens is 2. The maximum absolute atomic E-state index is 14.0. The van der Waals surface area contributed by atoms with Gasteiger partial charge in [-0.3, -0.25) is 9.59 Å². The van der Waals surface area contributed by atoms with Crippen molar-refractivity contribution >= 4 is 46.7 Å². The van der Waals surface area contributed by atoms with E-state index in [2.05, 4.69) is 0 Å². The summed E-state index contributed by atoms with van der Waals surface area (Å²) in [5, 5.41) is 0.0823. The van der Waals surface area contributed by atoms with Gasteiger partial charge in [-0.25, -0.2) is 9.59 Å². The number of fused-ring (bicyclic) bond motifs is 1. The Hall–Kier alpha value is -3.82. The van der Waals surface area contributed by atoms with Gasteiger partial charge in [0.05, 0.1) is 36.9 Å². The number of ether oxygens (including phenoxy) is 5. The van der Waals surface area contributed by atoms with Gasteiger partial charge in [-0.05, 0) is 30.2 Å². The average molecular weight is 547 g/mol. The third-order valence-electron chi connectivity index (χ3n) is 5.98. The highest BCUT2D eigenvalue weighted by atomic mass is 35.5. The zero-order valence-corrected chi connectivity index (χ0v) is 21.6. The number of benzene rings is 2. The van der Waals surface area contributed by atoms with Crippen molar-refractivity contribution < 1.29 is 42.9 Å². The summed E-state index contributed by atoms with van der Waals surface area (Å²) in [6.07, 6.45) is 1.99. The molecular formula is C26H20Cl2O9. The van der Waals surface area contributed by atoms with Crippen molar-refractivity contribution in [2.75, 3.05) is 21.3 Å². The minimum atomic E-state index is -2.17. The van der Waals surface area contributed by atoms with Crippen molar-refractivity contribution in [2.24, 2.45) is 0 Å². The standard InChI is InChI=1S/C26H20Cl2O9/c1-12-19(27)21(36-11-13-5-7-14(8-6-13)24(31)34-3)18-22(20(12)28)37-26(23(18)30)16(25(32)35-4)9-15(29)10-17(26)33-2/h5-10H,11H2,1-4H3. The number of esters is 2. The summed E-state index contributed by atoms with van der Waals surface area (Å²) < 4.78 is 26.9. The van der Waals surface area contributed by atoms with Crippen LogP contribution < -0.4 is 9.47 Å². The number of ketones is 2. The van der Waals surface area contributed by atoms with Crippen LogP contribution >= 0.6 is 23.2 Å². The van der Waals surface area contributed by atoms with Gasteiger partial charge < -0.3 is 23.7 Å². The van der Waals surface area contributed by atoms with Crippen LogP contribution in [0.1, 0.15) is 31.8 Å². The first kappa shape index (κ1) is 26.2. The van der Waals surface area contributed by atoms with Crippen LogP contribution in [0.2, 0.25) is 10.0 Å². The van der Waals surface area contributed by atoms with Gasteiger partial charge in [0.2, 0.25) is 5.78 Å². The van der Waals surface area contributed by atoms with E-state index in [0.29, 0.717) is 16.7 Å². The molecule has 1 aliphatic heterocycles. The number of methoxy groups -OCH3 is 3. The molecule has 0 fully saturated rings. The monoisotopic (exact) mass is 546 g/mol. The largest absolute Gasteiger partial charge is 0.496 e. The van der Waals surface area contributed by atoms with Crippen molar-refractivity contribution in [2.45, 2.75) is 19.1 Å². The van der Waals surface area contributed by atoms with Gasteiger partial charge in [-0.15, -0.1) is 0 Å². The molecule has 2 aromatic rings. The van der Waals surface area contributed by atoms with E-state index in [1.54, 1.807) is 31.2 Å². The third-order valence-corrected chi connectivity index (χ3v) is 6.89. The minimum Gasteiger partial charge on any atom is -0.496 e. The summed E-state index contributed by atoms with van der Waals surface area (Å²) in [6, 6.07) is 6.43. The second-order valence-electron chi connectivity index (χ2n) is 8.04. The molecule has 11 heteroatoms. The predicted octanol–water partition coefficient (Wildman–Crippen LogP) is 4.19. The van der Waals surface area contributed by atoms with E-state index >= 15 is 0 Å². The average Bonchev–Trinajstić information content (AvgIpc) is 3.21. The first-order chi connectivity index (χ1) is 17.6. The molecule has 0 N–H and O–H groups in total. The minimum absolute atomic E-state index is 0.0246. The van der Waals surface area contributed by atoms with Crippen LogP contribution in [0.5, 0.6) is 11.5 Å². The molecule has 2 aromatic carbocycles. The van der Waals surface area contributed by atoms with E-state index in [9.17, 15) is 19.2 Å². The molecule has 9 nitrogen and oxygen atoms in total. The second-order valence-corrected chi connectivity index (χ2v) is 8.80. The molecule has 0 saturated heterocycles. The maximum atomic E-state index is 14.0. The van der Waals surface area contributed by atoms with Crippen molar-refractivity contribution in [1.29, 1.82) is 0 Å². The molecule has 0 radical (unpaired) electrons. The Balaban J connectivity index is 1.80. The van der Waals surface area contributed by atoms with Gasteiger partial charge >= 0.3 is 11.9 Å². The normalized spacial score (nSPS) is 18.0. The number of carbonyl (C=O) groups excluding carboxylic acids is 4. The molecular weight excluding hydrogens is 527 g/mol. The Labute approximate surface area is 221 Å². The fraction of sp³-hybridized carbons (Fsp3) is 0.231. The summed E-state index contributed by atoms with van der Waals surface area (Å²) in [6.45, 7) is 1.57. The van der Waals surface area contributed by atoms with Crippen molar-refractivity contribution in [3.8, 4) is 11.5 Å². The Morgan fingerprint density at radius 2 is 1.59 bits per heavy atom. The molecule has 1 spiro atoms. The fourth-order valence-electron chi connectivity index (χ4n) is 4.09. The van der Waals surface area contributed by atoms with Gasteiger partial charge in [-0.1, -0.05) is 35.3 Å². The Bertz CT molecular complexity index is 1410. The van der Waals surface area contributed by atoms with Gasteiger partial charge in [0, 0.05) is 12.2 Å². The smallest absolute Gasteiger partial charge is 0.338 e. The lowest BCUT2D eigenvalue weighted by Gasteiger charge is -2.31. The number of hydrogen-bond donors (Lipinski definition) is 0. The molecule has 1 aliphatic carbocycles. The highest BCUT2D eigenvalue weighted by Gasteiger charge is 2.61.